The minimum Gasteiger partial charge on any atom is -0.342 e. The van der Waals surface area contributed by atoms with Crippen LogP contribution in [0.5, 0.6) is 0 Å². The van der Waals surface area contributed by atoms with Gasteiger partial charge in [-0.1, -0.05) is 29.3 Å². The summed E-state index contributed by atoms with van der Waals surface area (Å²) in [6, 6.07) is 5.59. The van der Waals surface area contributed by atoms with Gasteiger partial charge in [0.15, 0.2) is 0 Å². The van der Waals surface area contributed by atoms with E-state index in [1.807, 2.05) is 0 Å². The minimum atomic E-state index is -0.395. The maximum absolute atomic E-state index is 12.6. The second-order valence-corrected chi connectivity index (χ2v) is 6.46. The fourth-order valence-corrected chi connectivity index (χ4v) is 3.17. The lowest BCUT2D eigenvalue weighted by molar-refractivity contribution is -0.149. The summed E-state index contributed by atoms with van der Waals surface area (Å²) in [4.78, 5) is 26.5. The number of amides is 2. The van der Waals surface area contributed by atoms with Gasteiger partial charge in [-0.25, -0.2) is 0 Å². The molecule has 0 aromatic heterocycles. The second-order valence-electron chi connectivity index (χ2n) is 6.46. The number of rotatable bonds is 3. The van der Waals surface area contributed by atoms with Crippen LogP contribution < -0.4 is 5.32 Å². The molecule has 0 spiro atoms. The van der Waals surface area contributed by atoms with E-state index in [1.54, 1.807) is 11.8 Å². The van der Waals surface area contributed by atoms with E-state index in [0.717, 1.165) is 18.4 Å². The van der Waals surface area contributed by atoms with Crippen molar-refractivity contribution in [3.8, 4) is 0 Å². The zero-order chi connectivity index (χ0) is 15.1. The topological polar surface area (TPSA) is 49.4 Å². The fourth-order valence-electron chi connectivity index (χ4n) is 3.17. The molecule has 4 nitrogen and oxygen atoms in total. The van der Waals surface area contributed by atoms with Crippen molar-refractivity contribution in [2.75, 3.05) is 0 Å². The summed E-state index contributed by atoms with van der Waals surface area (Å²) in [6.07, 6.45) is 2.09. The zero-order valence-corrected chi connectivity index (χ0v) is 12.8. The predicted molar refractivity (Wildman–Crippen MR) is 80.6 cm³/mol. The highest BCUT2D eigenvalue weighted by atomic mass is 16.2. The van der Waals surface area contributed by atoms with Crippen molar-refractivity contribution in [1.82, 2.24) is 10.2 Å². The predicted octanol–water partition coefficient (Wildman–Crippen LogP) is 1.93. The van der Waals surface area contributed by atoms with Crippen LogP contribution in [0.2, 0.25) is 0 Å². The molecule has 1 heterocycles. The maximum atomic E-state index is 12.6. The molecule has 1 N–H and O–H groups in total. The average Bonchev–Trinajstić information content (AvgIpc) is 3.22. The Morgan fingerprint density at radius 3 is 2.33 bits per heavy atom. The van der Waals surface area contributed by atoms with Crippen LogP contribution in [0.4, 0.5) is 0 Å². The van der Waals surface area contributed by atoms with Crippen molar-refractivity contribution < 1.29 is 9.59 Å². The fraction of sp³-hybridized carbons (Fsp3) is 0.529. The molecule has 0 bridgehead atoms. The standard InChI is InChI=1S/C17H22N2O2/c1-10-6-11(2)8-13(7-10)9-19-12(3)16(20)18-15(17(19)21)14-4-5-14/h6-8,12,14-15H,4-5,9H2,1-3H3,(H,18,20). The molecule has 2 atom stereocenters. The Balaban J connectivity index is 1.83. The maximum Gasteiger partial charge on any atom is 0.246 e. The first-order valence-corrected chi connectivity index (χ1v) is 7.64. The van der Waals surface area contributed by atoms with Crippen LogP contribution in [0, 0.1) is 19.8 Å². The number of piperazine rings is 1. The monoisotopic (exact) mass is 286 g/mol. The lowest BCUT2D eigenvalue weighted by Crippen LogP contribution is -2.62. The molecule has 1 aliphatic carbocycles. The van der Waals surface area contributed by atoms with Gasteiger partial charge in [0, 0.05) is 6.54 Å². The Kier molecular flexibility index (Phi) is 3.47. The van der Waals surface area contributed by atoms with Gasteiger partial charge in [-0.3, -0.25) is 9.59 Å². The van der Waals surface area contributed by atoms with Crippen molar-refractivity contribution in [2.45, 2.75) is 52.2 Å². The summed E-state index contributed by atoms with van der Waals surface area (Å²) >= 11 is 0. The molecule has 1 aromatic carbocycles. The van der Waals surface area contributed by atoms with Crippen molar-refractivity contribution in [2.24, 2.45) is 5.92 Å². The third kappa shape index (κ3) is 2.80. The van der Waals surface area contributed by atoms with E-state index in [-0.39, 0.29) is 17.9 Å². The molecule has 112 valence electrons. The van der Waals surface area contributed by atoms with E-state index in [9.17, 15) is 9.59 Å². The SMILES string of the molecule is Cc1cc(C)cc(CN2C(=O)C(C3CC3)NC(=O)C2C)c1. The zero-order valence-electron chi connectivity index (χ0n) is 12.8. The average molecular weight is 286 g/mol. The third-order valence-corrected chi connectivity index (χ3v) is 4.42. The summed E-state index contributed by atoms with van der Waals surface area (Å²) in [5, 5.41) is 2.89. The van der Waals surface area contributed by atoms with Gasteiger partial charge in [-0.05, 0) is 45.1 Å². The number of benzene rings is 1. The molecule has 2 fully saturated rings. The number of hydrogen-bond acceptors (Lipinski definition) is 2. The first-order valence-electron chi connectivity index (χ1n) is 7.64. The third-order valence-electron chi connectivity index (χ3n) is 4.42. The summed E-state index contributed by atoms with van der Waals surface area (Å²) in [5.74, 6) is 0.385. The van der Waals surface area contributed by atoms with E-state index in [4.69, 9.17) is 0 Å². The molecule has 4 heteroatoms. The van der Waals surface area contributed by atoms with Crippen LogP contribution in [0.3, 0.4) is 0 Å². The van der Waals surface area contributed by atoms with Crippen molar-refractivity contribution in [3.63, 3.8) is 0 Å². The van der Waals surface area contributed by atoms with E-state index < -0.39 is 6.04 Å². The van der Waals surface area contributed by atoms with Gasteiger partial charge >= 0.3 is 0 Å². The van der Waals surface area contributed by atoms with Crippen LogP contribution in [-0.4, -0.2) is 28.8 Å². The molecule has 1 saturated heterocycles. The number of nitrogens with zero attached hydrogens (tertiary/aromatic N) is 1. The highest BCUT2D eigenvalue weighted by molar-refractivity contribution is 5.97. The Labute approximate surface area is 125 Å². The van der Waals surface area contributed by atoms with Crippen molar-refractivity contribution in [3.05, 3.63) is 34.9 Å². The van der Waals surface area contributed by atoms with Crippen molar-refractivity contribution >= 4 is 11.8 Å². The molecule has 0 radical (unpaired) electrons. The molecule has 2 aliphatic rings. The largest absolute Gasteiger partial charge is 0.342 e. The number of nitrogens with one attached hydrogen (secondary N) is 1. The van der Waals surface area contributed by atoms with Crippen LogP contribution in [0.25, 0.3) is 0 Å². The van der Waals surface area contributed by atoms with Gasteiger partial charge in [0.2, 0.25) is 11.8 Å². The highest BCUT2D eigenvalue weighted by Gasteiger charge is 2.45. The Bertz CT molecular complexity index is 572. The molecule has 3 rings (SSSR count). The van der Waals surface area contributed by atoms with Gasteiger partial charge in [0.05, 0.1) is 0 Å². The number of carbonyl (C=O) groups is 2. The summed E-state index contributed by atoms with van der Waals surface area (Å²) in [5.41, 5.74) is 3.47. The van der Waals surface area contributed by atoms with Crippen LogP contribution >= 0.6 is 0 Å². The number of aryl methyl sites for hydroxylation is 2. The number of hydrogen-bond donors (Lipinski definition) is 1. The first-order chi connectivity index (χ1) is 9.95. The van der Waals surface area contributed by atoms with Gasteiger partial charge < -0.3 is 10.2 Å². The molecule has 1 aliphatic heterocycles. The Morgan fingerprint density at radius 1 is 1.14 bits per heavy atom. The molecular weight excluding hydrogens is 264 g/mol. The van der Waals surface area contributed by atoms with Gasteiger partial charge in [-0.15, -0.1) is 0 Å². The van der Waals surface area contributed by atoms with Crippen LogP contribution in [0.15, 0.2) is 18.2 Å². The summed E-state index contributed by atoms with van der Waals surface area (Å²) in [6.45, 7) is 6.42. The lowest BCUT2D eigenvalue weighted by Gasteiger charge is -2.37. The summed E-state index contributed by atoms with van der Waals surface area (Å²) in [7, 11) is 0. The molecule has 2 amide bonds. The highest BCUT2D eigenvalue weighted by Crippen LogP contribution is 2.35. The van der Waals surface area contributed by atoms with Gasteiger partial charge in [0.25, 0.3) is 0 Å². The lowest BCUT2D eigenvalue weighted by atomic mass is 10.0. The van der Waals surface area contributed by atoms with E-state index >= 15 is 0 Å². The Morgan fingerprint density at radius 2 is 1.76 bits per heavy atom. The summed E-state index contributed by atoms with van der Waals surface area (Å²) < 4.78 is 0. The molecule has 2 unspecified atom stereocenters. The normalized spacial score (nSPS) is 26.0. The van der Waals surface area contributed by atoms with Gasteiger partial charge in [-0.2, -0.15) is 0 Å². The molecule has 21 heavy (non-hydrogen) atoms. The molecule has 1 aromatic rings. The smallest absolute Gasteiger partial charge is 0.246 e. The second kappa shape index (κ2) is 5.17. The van der Waals surface area contributed by atoms with Crippen molar-refractivity contribution in [1.29, 1.82) is 0 Å². The van der Waals surface area contributed by atoms with Gasteiger partial charge in [0.1, 0.15) is 12.1 Å². The number of carbonyl (C=O) groups excluding carboxylic acids is 2. The van der Waals surface area contributed by atoms with Crippen LogP contribution in [0.1, 0.15) is 36.5 Å². The van der Waals surface area contributed by atoms with E-state index in [0.29, 0.717) is 12.5 Å². The Hall–Kier alpha value is -1.84. The molecular formula is C17H22N2O2. The molecule has 1 saturated carbocycles. The first kappa shape index (κ1) is 14.1. The quantitative estimate of drug-likeness (QED) is 0.923. The minimum absolute atomic E-state index is 0.0316. The van der Waals surface area contributed by atoms with E-state index in [1.165, 1.54) is 11.1 Å². The van der Waals surface area contributed by atoms with E-state index in [2.05, 4.69) is 37.4 Å². The van der Waals surface area contributed by atoms with Crippen LogP contribution in [-0.2, 0) is 16.1 Å².